The van der Waals surface area contributed by atoms with Gasteiger partial charge in [0.25, 0.3) is 5.91 Å². The monoisotopic (exact) mass is 347 g/mol. The number of rotatable bonds is 3. The molecule has 0 radical (unpaired) electrons. The van der Waals surface area contributed by atoms with E-state index in [4.69, 9.17) is 11.6 Å². The first-order chi connectivity index (χ1) is 12.2. The zero-order valence-electron chi connectivity index (χ0n) is 13.2. The number of hydrogen-bond donors (Lipinski definition) is 2. The van der Waals surface area contributed by atoms with E-state index in [1.165, 1.54) is 0 Å². The van der Waals surface area contributed by atoms with Gasteiger partial charge < -0.3 is 4.98 Å². The molecular weight excluding hydrogens is 334 g/mol. The number of para-hydroxylation sites is 1. The van der Waals surface area contributed by atoms with E-state index < -0.39 is 0 Å². The average Bonchev–Trinajstić information content (AvgIpc) is 3.05. The number of H-pyrrole nitrogens is 1. The Kier molecular flexibility index (Phi) is 3.96. The maximum atomic E-state index is 12.3. The number of nitrogens with zero attached hydrogens (tertiary/aromatic N) is 1. The van der Waals surface area contributed by atoms with Crippen molar-refractivity contribution >= 4 is 34.5 Å². The maximum absolute atomic E-state index is 12.3. The number of anilines is 1. The van der Waals surface area contributed by atoms with Crippen LogP contribution in [0.4, 0.5) is 5.95 Å². The van der Waals surface area contributed by atoms with Gasteiger partial charge in [-0.25, -0.2) is 4.98 Å². The van der Waals surface area contributed by atoms with Crippen LogP contribution >= 0.6 is 11.6 Å². The molecule has 1 aromatic heterocycles. The summed E-state index contributed by atoms with van der Waals surface area (Å²) in [5.74, 6) is 0.220. The molecule has 0 aliphatic carbocycles. The van der Waals surface area contributed by atoms with Gasteiger partial charge in [-0.3, -0.25) is 10.1 Å². The average molecular weight is 348 g/mol. The van der Waals surface area contributed by atoms with Crippen molar-refractivity contribution in [2.45, 2.75) is 0 Å². The Morgan fingerprint density at radius 3 is 2.44 bits per heavy atom. The van der Waals surface area contributed by atoms with E-state index in [2.05, 4.69) is 15.3 Å². The molecule has 0 unspecified atom stereocenters. The van der Waals surface area contributed by atoms with Crippen molar-refractivity contribution in [3.8, 4) is 11.1 Å². The van der Waals surface area contributed by atoms with Crippen LogP contribution in [0.15, 0.2) is 72.8 Å². The fourth-order valence-electron chi connectivity index (χ4n) is 2.72. The molecule has 4 nitrogen and oxygen atoms in total. The van der Waals surface area contributed by atoms with Gasteiger partial charge in [-0.1, -0.05) is 54.1 Å². The quantitative estimate of drug-likeness (QED) is 0.539. The molecule has 25 heavy (non-hydrogen) atoms. The lowest BCUT2D eigenvalue weighted by atomic mass is 10.0. The summed E-state index contributed by atoms with van der Waals surface area (Å²) in [6, 6.07) is 22.5. The third-order valence-electron chi connectivity index (χ3n) is 3.94. The lowest BCUT2D eigenvalue weighted by molar-refractivity contribution is 0.102. The van der Waals surface area contributed by atoms with E-state index in [9.17, 15) is 4.79 Å². The van der Waals surface area contributed by atoms with E-state index in [1.54, 1.807) is 12.1 Å². The smallest absolute Gasteiger partial charge is 0.257 e. The van der Waals surface area contributed by atoms with Crippen LogP contribution in [0, 0.1) is 0 Å². The molecule has 4 aromatic rings. The second-order valence-corrected chi connectivity index (χ2v) is 6.05. The molecule has 3 aromatic carbocycles. The topological polar surface area (TPSA) is 57.8 Å². The molecule has 0 aliphatic heterocycles. The van der Waals surface area contributed by atoms with E-state index >= 15 is 0 Å². The van der Waals surface area contributed by atoms with Crippen LogP contribution in [0.5, 0.6) is 0 Å². The minimum Gasteiger partial charge on any atom is -0.324 e. The van der Waals surface area contributed by atoms with Crippen LogP contribution in [-0.2, 0) is 0 Å². The minimum absolute atomic E-state index is 0.201. The fourth-order valence-corrected chi connectivity index (χ4v) is 2.85. The van der Waals surface area contributed by atoms with E-state index in [0.29, 0.717) is 16.5 Å². The summed E-state index contributed by atoms with van der Waals surface area (Å²) in [6.07, 6.45) is 0. The summed E-state index contributed by atoms with van der Waals surface area (Å²) in [6.45, 7) is 0. The number of fused-ring (bicyclic) bond motifs is 1. The highest BCUT2D eigenvalue weighted by molar-refractivity contribution is 6.30. The van der Waals surface area contributed by atoms with Crippen LogP contribution in [0.1, 0.15) is 10.4 Å². The van der Waals surface area contributed by atoms with Gasteiger partial charge in [0.05, 0.1) is 11.0 Å². The zero-order chi connectivity index (χ0) is 17.2. The third-order valence-corrected chi connectivity index (χ3v) is 4.19. The molecule has 122 valence electrons. The van der Waals surface area contributed by atoms with Crippen molar-refractivity contribution in [3.63, 3.8) is 0 Å². The Morgan fingerprint density at radius 2 is 1.68 bits per heavy atom. The molecule has 2 N–H and O–H groups in total. The van der Waals surface area contributed by atoms with Crippen LogP contribution < -0.4 is 5.32 Å². The number of carbonyl (C=O) groups is 1. The molecule has 0 bridgehead atoms. The number of halogens is 1. The van der Waals surface area contributed by atoms with Gasteiger partial charge in [0.2, 0.25) is 5.95 Å². The first-order valence-electron chi connectivity index (χ1n) is 7.82. The van der Waals surface area contributed by atoms with Gasteiger partial charge in [-0.05, 0) is 35.9 Å². The van der Waals surface area contributed by atoms with Gasteiger partial charge in [-0.2, -0.15) is 0 Å². The van der Waals surface area contributed by atoms with Crippen LogP contribution in [-0.4, -0.2) is 15.9 Å². The molecular formula is C20H14ClN3O. The summed E-state index contributed by atoms with van der Waals surface area (Å²) in [4.78, 5) is 20.0. The van der Waals surface area contributed by atoms with Crippen molar-refractivity contribution in [2.24, 2.45) is 0 Å². The van der Waals surface area contributed by atoms with Gasteiger partial charge in [0, 0.05) is 16.1 Å². The van der Waals surface area contributed by atoms with Gasteiger partial charge in [-0.15, -0.1) is 0 Å². The lowest BCUT2D eigenvalue weighted by Gasteiger charge is -2.02. The van der Waals surface area contributed by atoms with Crippen molar-refractivity contribution < 1.29 is 4.79 Å². The SMILES string of the molecule is O=C(Nc1nc2c(-c3ccc(Cl)cc3)cccc2[nH]1)c1ccccc1. The second kappa shape index (κ2) is 6.42. The molecule has 1 amide bonds. The Balaban J connectivity index is 1.70. The summed E-state index contributed by atoms with van der Waals surface area (Å²) < 4.78 is 0. The first kappa shape index (κ1) is 15.4. The van der Waals surface area contributed by atoms with Crippen molar-refractivity contribution in [1.29, 1.82) is 0 Å². The number of imidazole rings is 1. The number of amides is 1. The maximum Gasteiger partial charge on any atom is 0.257 e. The molecule has 0 fully saturated rings. The largest absolute Gasteiger partial charge is 0.324 e. The Morgan fingerprint density at radius 1 is 0.920 bits per heavy atom. The number of nitrogens with one attached hydrogen (secondary N) is 2. The predicted octanol–water partition coefficient (Wildman–Crippen LogP) is 5.14. The third kappa shape index (κ3) is 3.12. The van der Waals surface area contributed by atoms with Crippen molar-refractivity contribution in [3.05, 3.63) is 83.4 Å². The molecule has 0 atom stereocenters. The van der Waals surface area contributed by atoms with Crippen LogP contribution in [0.2, 0.25) is 5.02 Å². The van der Waals surface area contributed by atoms with E-state index in [1.807, 2.05) is 60.7 Å². The van der Waals surface area contributed by atoms with E-state index in [0.717, 1.165) is 22.2 Å². The summed E-state index contributed by atoms with van der Waals surface area (Å²) >= 11 is 5.97. The van der Waals surface area contributed by atoms with Gasteiger partial charge in [0.15, 0.2) is 0 Å². The Labute approximate surface area is 149 Å². The number of carbonyl (C=O) groups excluding carboxylic acids is 1. The molecule has 0 saturated carbocycles. The van der Waals surface area contributed by atoms with Gasteiger partial charge in [0.1, 0.15) is 0 Å². The number of aromatic amines is 1. The predicted molar refractivity (Wildman–Crippen MR) is 101 cm³/mol. The van der Waals surface area contributed by atoms with Crippen molar-refractivity contribution in [2.75, 3.05) is 5.32 Å². The zero-order valence-corrected chi connectivity index (χ0v) is 13.9. The molecule has 0 spiro atoms. The second-order valence-electron chi connectivity index (χ2n) is 5.61. The molecule has 0 aliphatic rings. The Bertz CT molecular complexity index is 1040. The summed E-state index contributed by atoms with van der Waals surface area (Å²) in [7, 11) is 0. The number of benzene rings is 3. The van der Waals surface area contributed by atoms with Gasteiger partial charge >= 0.3 is 0 Å². The Hall–Kier alpha value is -3.11. The molecule has 4 rings (SSSR count). The summed E-state index contributed by atoms with van der Waals surface area (Å²) in [5.41, 5.74) is 4.23. The summed E-state index contributed by atoms with van der Waals surface area (Å²) in [5, 5.41) is 3.50. The highest BCUT2D eigenvalue weighted by Crippen LogP contribution is 2.29. The minimum atomic E-state index is -0.201. The van der Waals surface area contributed by atoms with Crippen LogP contribution in [0.3, 0.4) is 0 Å². The first-order valence-corrected chi connectivity index (χ1v) is 8.19. The number of hydrogen-bond acceptors (Lipinski definition) is 2. The van der Waals surface area contributed by atoms with Crippen molar-refractivity contribution in [1.82, 2.24) is 9.97 Å². The normalized spacial score (nSPS) is 10.8. The fraction of sp³-hybridized carbons (Fsp3) is 0. The molecule has 0 saturated heterocycles. The highest BCUT2D eigenvalue weighted by Gasteiger charge is 2.12. The highest BCUT2D eigenvalue weighted by atomic mass is 35.5. The molecule has 1 heterocycles. The number of aromatic nitrogens is 2. The molecule has 5 heteroatoms. The lowest BCUT2D eigenvalue weighted by Crippen LogP contribution is -2.12. The standard InChI is InChI=1S/C20H14ClN3O/c21-15-11-9-13(10-12-15)16-7-4-8-17-18(16)23-20(22-17)24-19(25)14-5-2-1-3-6-14/h1-12H,(H2,22,23,24,25). The van der Waals surface area contributed by atoms with E-state index in [-0.39, 0.29) is 5.91 Å². The van der Waals surface area contributed by atoms with Crippen LogP contribution in [0.25, 0.3) is 22.2 Å².